The van der Waals surface area contributed by atoms with E-state index in [1.165, 1.54) is 22.9 Å². The molecule has 0 bridgehead atoms. The molecule has 0 amide bonds. The van der Waals surface area contributed by atoms with Crippen molar-refractivity contribution >= 4 is 24.5 Å². The molecule has 1 aromatic rings. The summed E-state index contributed by atoms with van der Waals surface area (Å²) in [6, 6.07) is 8.71. The Labute approximate surface area is 96.9 Å². The summed E-state index contributed by atoms with van der Waals surface area (Å²) in [6.45, 7) is 3.03. The van der Waals surface area contributed by atoms with Crippen molar-refractivity contribution in [2.24, 2.45) is 0 Å². The van der Waals surface area contributed by atoms with Crippen molar-refractivity contribution in [2.45, 2.75) is 30.8 Å². The third-order valence-electron chi connectivity index (χ3n) is 2.03. The topological polar surface area (TPSA) is 9.23 Å². The van der Waals surface area contributed by atoms with E-state index in [1.807, 2.05) is 0 Å². The van der Waals surface area contributed by atoms with Crippen LogP contribution >= 0.6 is 0 Å². The molecule has 0 saturated carbocycles. The van der Waals surface area contributed by atoms with Gasteiger partial charge in [-0.15, -0.1) is 0 Å². The molecule has 0 aliphatic heterocycles. The third kappa shape index (κ3) is 4.00. The van der Waals surface area contributed by atoms with Crippen LogP contribution in [0.1, 0.15) is 25.3 Å². The Morgan fingerprint density at radius 3 is 2.79 bits per heavy atom. The molecule has 0 saturated heterocycles. The summed E-state index contributed by atoms with van der Waals surface area (Å²) < 4.78 is 8.19. The van der Waals surface area contributed by atoms with E-state index in [1.54, 1.807) is 10.7 Å². The van der Waals surface area contributed by atoms with Crippen LogP contribution in [0.4, 0.5) is 0 Å². The van der Waals surface area contributed by atoms with Crippen LogP contribution in [0.15, 0.2) is 24.3 Å². The minimum atomic E-state index is 0.0277. The molecular weight excluding hydrogens is 288 g/mol. The second-order valence-electron chi connectivity index (χ2n) is 3.24. The van der Waals surface area contributed by atoms with E-state index >= 15 is 0 Å². The van der Waals surface area contributed by atoms with Gasteiger partial charge in [0.25, 0.3) is 0 Å². The molecule has 78 valence electrons. The summed E-state index contributed by atoms with van der Waals surface area (Å²) in [7, 11) is 1.77. The van der Waals surface area contributed by atoms with E-state index in [0.717, 1.165) is 6.61 Å². The minimum absolute atomic E-state index is 0.0277. The Bertz CT molecular complexity index is 260. The number of methoxy groups -OCH3 is 1. The summed E-state index contributed by atoms with van der Waals surface area (Å²) in [5, 5.41) is 0. The molecule has 0 radical (unpaired) electrons. The zero-order valence-corrected chi connectivity index (χ0v) is 11.3. The molecule has 0 aliphatic rings. The maximum atomic E-state index is 5.20. The van der Waals surface area contributed by atoms with Crippen molar-refractivity contribution in [1.29, 1.82) is 0 Å². The van der Waals surface area contributed by atoms with Gasteiger partial charge in [-0.05, 0) is 0 Å². The van der Waals surface area contributed by atoms with Crippen molar-refractivity contribution in [1.82, 2.24) is 0 Å². The number of hydrogen-bond donors (Lipinski definition) is 0. The fraction of sp³-hybridized carbons (Fsp3) is 0.500. The summed E-state index contributed by atoms with van der Waals surface area (Å²) in [5.74, 6) is 0. The first-order chi connectivity index (χ1) is 6.88. The predicted octanol–water partition coefficient (Wildman–Crippen LogP) is 2.38. The van der Waals surface area contributed by atoms with Gasteiger partial charge < -0.3 is 0 Å². The van der Waals surface area contributed by atoms with E-state index in [9.17, 15) is 0 Å². The summed E-state index contributed by atoms with van der Waals surface area (Å²) in [6.07, 6.45) is 2.70. The Morgan fingerprint density at radius 2 is 2.07 bits per heavy atom. The Balaban J connectivity index is 2.55. The second kappa shape index (κ2) is 7.29. The molecule has 14 heavy (non-hydrogen) atoms. The molecule has 0 aromatic heterocycles. The Hall–Kier alpha value is -0.0304. The van der Waals surface area contributed by atoms with Gasteiger partial charge in [0.1, 0.15) is 0 Å². The Morgan fingerprint density at radius 1 is 1.29 bits per heavy atom. The van der Waals surface area contributed by atoms with E-state index in [0.29, 0.717) is 0 Å². The molecule has 0 unspecified atom stereocenters. The first-order valence-corrected chi connectivity index (χ1v) is 7.89. The average molecular weight is 306 g/mol. The van der Waals surface area contributed by atoms with E-state index in [-0.39, 0.29) is 20.9 Å². The first kappa shape index (κ1) is 12.0. The van der Waals surface area contributed by atoms with Crippen LogP contribution in [0.5, 0.6) is 0 Å². The van der Waals surface area contributed by atoms with E-state index in [4.69, 9.17) is 4.74 Å². The monoisotopic (exact) mass is 308 g/mol. The number of benzene rings is 1. The van der Waals surface area contributed by atoms with Gasteiger partial charge in [0, 0.05) is 0 Å². The van der Waals surface area contributed by atoms with Gasteiger partial charge in [0.2, 0.25) is 0 Å². The predicted molar refractivity (Wildman–Crippen MR) is 62.3 cm³/mol. The number of ether oxygens (including phenoxy) is 1. The molecule has 2 heteroatoms. The normalized spacial score (nSPS) is 10.4. The van der Waals surface area contributed by atoms with Crippen LogP contribution in [0.2, 0.25) is 4.47 Å². The van der Waals surface area contributed by atoms with E-state index in [2.05, 4.69) is 31.2 Å². The molecule has 1 rings (SSSR count). The summed E-state index contributed by atoms with van der Waals surface area (Å²) in [4.78, 5) is 0. The maximum absolute atomic E-state index is 5.20. The number of hydrogen-bond acceptors (Lipinski definition) is 1. The van der Waals surface area contributed by atoms with Gasteiger partial charge in [0.05, 0.1) is 0 Å². The van der Waals surface area contributed by atoms with Gasteiger partial charge in [-0.25, -0.2) is 0 Å². The van der Waals surface area contributed by atoms with Crippen molar-refractivity contribution in [2.75, 3.05) is 7.11 Å². The Kier molecular flexibility index (Phi) is 6.27. The second-order valence-corrected chi connectivity index (χ2v) is 6.49. The van der Waals surface area contributed by atoms with Gasteiger partial charge in [-0.3, -0.25) is 0 Å². The van der Waals surface area contributed by atoms with Crippen molar-refractivity contribution in [3.63, 3.8) is 0 Å². The van der Waals surface area contributed by atoms with Gasteiger partial charge >= 0.3 is 97.1 Å². The fourth-order valence-corrected chi connectivity index (χ4v) is 4.50. The van der Waals surface area contributed by atoms with Crippen LogP contribution in [-0.4, -0.2) is 28.0 Å². The van der Waals surface area contributed by atoms with Crippen LogP contribution in [0.25, 0.3) is 0 Å². The third-order valence-corrected chi connectivity index (χ3v) is 5.46. The molecular formula is C12H18OTe. The van der Waals surface area contributed by atoms with Gasteiger partial charge in [0.15, 0.2) is 0 Å². The molecule has 1 aromatic carbocycles. The molecule has 0 heterocycles. The quantitative estimate of drug-likeness (QED) is 0.579. The summed E-state index contributed by atoms with van der Waals surface area (Å²) >= 11 is 0.0277. The zero-order valence-electron chi connectivity index (χ0n) is 8.95. The SMILES string of the molecule is CCCC[Te]c1ccccc1COC. The average Bonchev–Trinajstić information content (AvgIpc) is 2.21. The number of unbranched alkanes of at least 4 members (excludes halogenated alkanes) is 1. The van der Waals surface area contributed by atoms with Crippen LogP contribution < -0.4 is 3.61 Å². The van der Waals surface area contributed by atoms with Crippen molar-refractivity contribution in [3.05, 3.63) is 29.8 Å². The van der Waals surface area contributed by atoms with Gasteiger partial charge in [-0.2, -0.15) is 0 Å². The van der Waals surface area contributed by atoms with Crippen LogP contribution in [0.3, 0.4) is 0 Å². The molecule has 0 fully saturated rings. The van der Waals surface area contributed by atoms with Crippen molar-refractivity contribution in [3.8, 4) is 0 Å². The van der Waals surface area contributed by atoms with Crippen LogP contribution in [0, 0.1) is 0 Å². The fourth-order valence-electron chi connectivity index (χ4n) is 1.25. The van der Waals surface area contributed by atoms with Crippen molar-refractivity contribution < 1.29 is 4.74 Å². The van der Waals surface area contributed by atoms with Gasteiger partial charge in [-0.1, -0.05) is 0 Å². The molecule has 0 atom stereocenters. The molecule has 0 N–H and O–H groups in total. The van der Waals surface area contributed by atoms with Crippen LogP contribution in [-0.2, 0) is 11.3 Å². The number of rotatable bonds is 6. The standard InChI is InChI=1S/C12H18OTe/c1-3-4-9-14-12-8-6-5-7-11(12)10-13-2/h5-8H,3-4,9-10H2,1-2H3. The summed E-state index contributed by atoms with van der Waals surface area (Å²) in [5.41, 5.74) is 1.40. The zero-order chi connectivity index (χ0) is 10.2. The first-order valence-electron chi connectivity index (χ1n) is 5.08. The molecule has 0 spiro atoms. The molecule has 1 nitrogen and oxygen atoms in total. The van der Waals surface area contributed by atoms with E-state index < -0.39 is 0 Å². The molecule has 0 aliphatic carbocycles.